The first kappa shape index (κ1) is 23.2. The van der Waals surface area contributed by atoms with Crippen LogP contribution in [0.15, 0.2) is 18.7 Å². The van der Waals surface area contributed by atoms with Gasteiger partial charge in [-0.25, -0.2) is 9.36 Å². The summed E-state index contributed by atoms with van der Waals surface area (Å²) < 4.78 is 2.18. The second-order valence-electron chi connectivity index (χ2n) is 7.87. The van der Waals surface area contributed by atoms with Crippen LogP contribution in [0.4, 0.5) is 0 Å². The van der Waals surface area contributed by atoms with Gasteiger partial charge >= 0.3 is 5.97 Å². The highest BCUT2D eigenvalue weighted by Gasteiger charge is 2.20. The number of aryl methyl sites for hydroxylation is 1. The molecule has 154 valence electrons. The molecule has 1 amide bonds. The molecule has 0 saturated carbocycles. The van der Waals surface area contributed by atoms with Crippen molar-refractivity contribution in [2.24, 2.45) is 5.92 Å². The predicted molar refractivity (Wildman–Crippen MR) is 106 cm³/mol. The lowest BCUT2D eigenvalue weighted by Crippen LogP contribution is -2.41. The molecule has 6 heteroatoms. The number of carboxylic acid groups (broad SMARTS) is 1. The normalized spacial score (nSPS) is 12.3. The fraction of sp³-hybridized carbons (Fsp3) is 0.762. The van der Waals surface area contributed by atoms with Gasteiger partial charge < -0.3 is 10.4 Å². The van der Waals surface area contributed by atoms with Crippen molar-refractivity contribution < 1.29 is 19.3 Å². The number of unbranched alkanes of at least 4 members (excludes halogenated alkanes) is 8. The van der Waals surface area contributed by atoms with Gasteiger partial charge in [-0.3, -0.25) is 9.78 Å². The van der Waals surface area contributed by atoms with Crippen molar-refractivity contribution in [3.05, 3.63) is 18.7 Å². The fourth-order valence-corrected chi connectivity index (χ4v) is 3.24. The number of imidazole rings is 1. The Balaban J connectivity index is 1.91. The van der Waals surface area contributed by atoms with Crippen LogP contribution in [0.5, 0.6) is 0 Å². The van der Waals surface area contributed by atoms with E-state index in [0.717, 1.165) is 25.8 Å². The van der Waals surface area contributed by atoms with Gasteiger partial charge in [-0.1, -0.05) is 52.4 Å². The Bertz CT molecular complexity index is 515. The molecule has 0 aliphatic rings. The molecule has 1 aromatic rings. The van der Waals surface area contributed by atoms with Crippen molar-refractivity contribution in [1.82, 2.24) is 10.3 Å². The number of aromatic amines is 1. The highest BCUT2D eigenvalue weighted by atomic mass is 16.4. The number of aliphatic carboxylic acids is 1. The number of hydrogen-bond donors (Lipinski definition) is 3. The molecule has 0 fully saturated rings. The Labute approximate surface area is 163 Å². The number of carbonyl (C=O) groups is 2. The molecule has 0 radical (unpaired) electrons. The largest absolute Gasteiger partial charge is 0.480 e. The maximum absolute atomic E-state index is 11.9. The number of amides is 1. The lowest BCUT2D eigenvalue weighted by Gasteiger charge is -2.16. The van der Waals surface area contributed by atoms with Crippen molar-refractivity contribution in [2.75, 3.05) is 0 Å². The molecule has 3 N–H and O–H groups in total. The molecule has 0 unspecified atom stereocenters. The van der Waals surface area contributed by atoms with Crippen molar-refractivity contribution in [3.8, 4) is 0 Å². The van der Waals surface area contributed by atoms with E-state index in [-0.39, 0.29) is 11.8 Å². The zero-order valence-electron chi connectivity index (χ0n) is 17.1. The molecule has 0 aliphatic carbocycles. The van der Waals surface area contributed by atoms with Gasteiger partial charge in [0.05, 0.1) is 6.54 Å². The quantitative estimate of drug-likeness (QED) is 0.301. The van der Waals surface area contributed by atoms with E-state index in [1.54, 1.807) is 0 Å². The van der Waals surface area contributed by atoms with Crippen LogP contribution in [0, 0.1) is 5.92 Å². The minimum Gasteiger partial charge on any atom is -0.480 e. The molecule has 0 saturated heterocycles. The molecular formula is C21H38N3O3+. The summed E-state index contributed by atoms with van der Waals surface area (Å²) in [6, 6.07) is -0.756. The fourth-order valence-electron chi connectivity index (χ4n) is 3.24. The molecule has 1 heterocycles. The summed E-state index contributed by atoms with van der Waals surface area (Å²) in [5.41, 5.74) is 0. The standard InChI is InChI=1S/C21H37N3O3/c1-18(2)16-19(21(26)27)23-20(25)12-10-8-6-4-3-5-7-9-11-14-24-15-13-22-17-24/h13,15,17-19H,3-12,14,16H2,1-2H3,(H2,23,25,26,27)/p+1/t19-/m0/s1. The summed E-state index contributed by atoms with van der Waals surface area (Å²) >= 11 is 0. The zero-order chi connectivity index (χ0) is 19.9. The van der Waals surface area contributed by atoms with Crippen LogP contribution in [-0.4, -0.2) is 28.0 Å². The summed E-state index contributed by atoms with van der Waals surface area (Å²) in [7, 11) is 0. The van der Waals surface area contributed by atoms with Crippen LogP contribution >= 0.6 is 0 Å². The molecule has 0 spiro atoms. The molecular weight excluding hydrogens is 342 g/mol. The van der Waals surface area contributed by atoms with E-state index in [2.05, 4.69) is 21.1 Å². The van der Waals surface area contributed by atoms with Gasteiger partial charge in [-0.2, -0.15) is 0 Å². The van der Waals surface area contributed by atoms with E-state index in [4.69, 9.17) is 5.11 Å². The van der Waals surface area contributed by atoms with E-state index in [0.29, 0.717) is 12.8 Å². The zero-order valence-corrected chi connectivity index (χ0v) is 17.1. The van der Waals surface area contributed by atoms with Gasteiger partial charge in [0, 0.05) is 6.42 Å². The number of H-pyrrole nitrogens is 1. The van der Waals surface area contributed by atoms with E-state index in [1.165, 1.54) is 38.5 Å². The first-order valence-electron chi connectivity index (χ1n) is 10.5. The van der Waals surface area contributed by atoms with E-state index < -0.39 is 12.0 Å². The van der Waals surface area contributed by atoms with Crippen LogP contribution < -0.4 is 9.88 Å². The summed E-state index contributed by atoms with van der Waals surface area (Å²) in [6.07, 6.45) is 17.5. The second kappa shape index (κ2) is 14.2. The summed E-state index contributed by atoms with van der Waals surface area (Å²) in [5, 5.41) is 11.8. The van der Waals surface area contributed by atoms with Gasteiger partial charge in [0.2, 0.25) is 12.2 Å². The van der Waals surface area contributed by atoms with E-state index >= 15 is 0 Å². The highest BCUT2D eigenvalue weighted by Crippen LogP contribution is 2.11. The van der Waals surface area contributed by atoms with E-state index in [9.17, 15) is 9.59 Å². The highest BCUT2D eigenvalue weighted by molar-refractivity contribution is 5.83. The van der Waals surface area contributed by atoms with Crippen molar-refractivity contribution in [2.45, 2.75) is 97.1 Å². The third-order valence-corrected chi connectivity index (χ3v) is 4.76. The van der Waals surface area contributed by atoms with Gasteiger partial charge in [0.15, 0.2) is 0 Å². The number of nitrogens with one attached hydrogen (secondary N) is 2. The molecule has 1 aromatic heterocycles. The monoisotopic (exact) mass is 380 g/mol. The van der Waals surface area contributed by atoms with Crippen LogP contribution in [0.1, 0.15) is 84.5 Å². The first-order valence-corrected chi connectivity index (χ1v) is 10.5. The second-order valence-corrected chi connectivity index (χ2v) is 7.87. The van der Waals surface area contributed by atoms with E-state index in [1.807, 2.05) is 26.4 Å². The lowest BCUT2D eigenvalue weighted by molar-refractivity contribution is -0.696. The van der Waals surface area contributed by atoms with Crippen LogP contribution in [-0.2, 0) is 16.1 Å². The van der Waals surface area contributed by atoms with Crippen LogP contribution in [0.3, 0.4) is 0 Å². The minimum absolute atomic E-state index is 0.136. The number of rotatable bonds is 16. The number of carbonyl (C=O) groups excluding carboxylic acids is 1. The molecule has 0 bridgehead atoms. The van der Waals surface area contributed by atoms with Gasteiger partial charge in [0.25, 0.3) is 0 Å². The summed E-state index contributed by atoms with van der Waals surface area (Å²) in [6.45, 7) is 5.01. The minimum atomic E-state index is -0.941. The predicted octanol–water partition coefficient (Wildman–Crippen LogP) is 3.82. The maximum Gasteiger partial charge on any atom is 0.326 e. The van der Waals surface area contributed by atoms with Crippen molar-refractivity contribution in [3.63, 3.8) is 0 Å². The molecule has 0 aliphatic heterocycles. The first-order chi connectivity index (χ1) is 13.0. The third-order valence-electron chi connectivity index (χ3n) is 4.76. The third kappa shape index (κ3) is 12.2. The smallest absolute Gasteiger partial charge is 0.326 e. The Hall–Kier alpha value is -1.85. The number of carboxylic acids is 1. The Morgan fingerprint density at radius 3 is 2.11 bits per heavy atom. The lowest BCUT2D eigenvalue weighted by atomic mass is 10.0. The van der Waals surface area contributed by atoms with Crippen LogP contribution in [0.2, 0.25) is 0 Å². The molecule has 27 heavy (non-hydrogen) atoms. The van der Waals surface area contributed by atoms with Crippen molar-refractivity contribution in [1.29, 1.82) is 0 Å². The number of hydrogen-bond acceptors (Lipinski definition) is 2. The van der Waals surface area contributed by atoms with Crippen molar-refractivity contribution >= 4 is 11.9 Å². The summed E-state index contributed by atoms with van der Waals surface area (Å²) in [4.78, 5) is 26.1. The maximum atomic E-state index is 11.9. The Kier molecular flexibility index (Phi) is 12.2. The SMILES string of the molecule is CC(C)C[C@H](NC(=O)CCCCCCCCCCC[n+]1cc[nH]c1)C(=O)O. The molecule has 0 aromatic carbocycles. The van der Waals surface area contributed by atoms with Gasteiger partial charge in [-0.15, -0.1) is 0 Å². The molecule has 6 nitrogen and oxygen atoms in total. The van der Waals surface area contributed by atoms with Crippen LogP contribution in [0.25, 0.3) is 0 Å². The Morgan fingerprint density at radius 1 is 1.00 bits per heavy atom. The number of aromatic nitrogens is 2. The average molecular weight is 381 g/mol. The van der Waals surface area contributed by atoms with Gasteiger partial charge in [0.1, 0.15) is 18.4 Å². The number of nitrogens with zero attached hydrogens (tertiary/aromatic N) is 1. The molecule has 1 atom stereocenters. The Morgan fingerprint density at radius 2 is 1.59 bits per heavy atom. The topological polar surface area (TPSA) is 86.1 Å². The summed E-state index contributed by atoms with van der Waals surface area (Å²) in [5.74, 6) is -0.828. The average Bonchev–Trinajstić information content (AvgIpc) is 3.12. The van der Waals surface area contributed by atoms with Gasteiger partial charge in [-0.05, 0) is 31.6 Å². The molecule has 1 rings (SSSR count).